The van der Waals surface area contributed by atoms with Crippen molar-refractivity contribution in [1.29, 1.82) is 0 Å². The van der Waals surface area contributed by atoms with Crippen LogP contribution in [0.5, 0.6) is 11.5 Å². The summed E-state index contributed by atoms with van der Waals surface area (Å²) in [6.45, 7) is 3.57. The first-order valence-electron chi connectivity index (χ1n) is 6.68. The van der Waals surface area contributed by atoms with E-state index in [2.05, 4.69) is 10.1 Å². The molecule has 0 amide bonds. The second-order valence-electron chi connectivity index (χ2n) is 4.60. The number of aromatic nitrogens is 2. The molecule has 0 N–H and O–H groups in total. The number of benzene rings is 1. The van der Waals surface area contributed by atoms with Crippen molar-refractivity contribution >= 4 is 5.78 Å². The molecular formula is C15H18N2O4. The van der Waals surface area contributed by atoms with Crippen molar-refractivity contribution in [3.8, 4) is 22.9 Å². The molecule has 1 aromatic carbocycles. The van der Waals surface area contributed by atoms with Crippen molar-refractivity contribution < 1.29 is 18.8 Å². The fourth-order valence-electron chi connectivity index (χ4n) is 1.91. The molecule has 6 heteroatoms. The zero-order valence-corrected chi connectivity index (χ0v) is 12.5. The highest BCUT2D eigenvalue weighted by molar-refractivity contribution is 5.84. The minimum absolute atomic E-state index is 0.0634. The van der Waals surface area contributed by atoms with Gasteiger partial charge in [-0.05, 0) is 19.1 Å². The van der Waals surface area contributed by atoms with Gasteiger partial charge in [0.15, 0.2) is 0 Å². The van der Waals surface area contributed by atoms with Crippen molar-refractivity contribution in [1.82, 2.24) is 10.1 Å². The third kappa shape index (κ3) is 3.21. The largest absolute Gasteiger partial charge is 0.497 e. The Kier molecular flexibility index (Phi) is 4.57. The van der Waals surface area contributed by atoms with E-state index in [1.807, 2.05) is 6.92 Å². The zero-order valence-electron chi connectivity index (χ0n) is 12.5. The van der Waals surface area contributed by atoms with Gasteiger partial charge in [-0.25, -0.2) is 0 Å². The number of hydrogen-bond donors (Lipinski definition) is 0. The fraction of sp³-hybridized carbons (Fsp3) is 0.400. The number of rotatable bonds is 6. The summed E-state index contributed by atoms with van der Waals surface area (Å²) in [5.41, 5.74) is 0.706. The monoisotopic (exact) mass is 290 g/mol. The Bertz CT molecular complexity index is 614. The predicted octanol–water partition coefficient (Wildman–Crippen LogP) is 2.84. The molecule has 2 aromatic rings. The van der Waals surface area contributed by atoms with Crippen molar-refractivity contribution in [3.63, 3.8) is 0 Å². The van der Waals surface area contributed by atoms with Crippen molar-refractivity contribution in [2.45, 2.75) is 26.2 Å². The van der Waals surface area contributed by atoms with Crippen LogP contribution in [-0.4, -0.2) is 30.1 Å². The van der Waals surface area contributed by atoms with E-state index in [-0.39, 0.29) is 5.78 Å². The maximum Gasteiger partial charge on any atom is 0.237 e. The first kappa shape index (κ1) is 15.0. The van der Waals surface area contributed by atoms with E-state index in [1.165, 1.54) is 0 Å². The van der Waals surface area contributed by atoms with Crippen LogP contribution >= 0.6 is 0 Å². The van der Waals surface area contributed by atoms with Gasteiger partial charge in [0.25, 0.3) is 0 Å². The van der Waals surface area contributed by atoms with Crippen molar-refractivity contribution in [2.75, 3.05) is 14.2 Å². The molecule has 0 aliphatic heterocycles. The van der Waals surface area contributed by atoms with E-state index in [0.717, 1.165) is 0 Å². The molecule has 1 unspecified atom stereocenters. The number of nitrogens with zero attached hydrogens (tertiary/aromatic N) is 2. The molecule has 0 aliphatic carbocycles. The number of ketones is 1. The van der Waals surface area contributed by atoms with Gasteiger partial charge in [0.05, 0.1) is 20.1 Å². The number of methoxy groups -OCH3 is 2. The Morgan fingerprint density at radius 2 is 1.86 bits per heavy atom. The molecule has 0 bridgehead atoms. The lowest BCUT2D eigenvalue weighted by Crippen LogP contribution is -2.07. The molecule has 0 spiro atoms. The summed E-state index contributed by atoms with van der Waals surface area (Å²) in [6, 6.07) is 5.32. The second-order valence-corrected chi connectivity index (χ2v) is 4.60. The summed E-state index contributed by atoms with van der Waals surface area (Å²) in [6.07, 6.45) is 0.436. The van der Waals surface area contributed by atoms with Crippen molar-refractivity contribution in [2.24, 2.45) is 0 Å². The average Bonchev–Trinajstić information content (AvgIpc) is 3.02. The molecule has 0 saturated carbocycles. The van der Waals surface area contributed by atoms with Crippen molar-refractivity contribution in [3.05, 3.63) is 24.1 Å². The van der Waals surface area contributed by atoms with Gasteiger partial charge in [-0.2, -0.15) is 4.98 Å². The summed E-state index contributed by atoms with van der Waals surface area (Å²) in [5, 5.41) is 3.93. The highest BCUT2D eigenvalue weighted by Crippen LogP contribution is 2.29. The molecule has 21 heavy (non-hydrogen) atoms. The molecule has 0 saturated heterocycles. The second kappa shape index (κ2) is 6.39. The molecule has 1 heterocycles. The minimum Gasteiger partial charge on any atom is -0.497 e. The Morgan fingerprint density at radius 3 is 2.38 bits per heavy atom. The maximum absolute atomic E-state index is 11.7. The molecule has 2 rings (SSSR count). The third-order valence-electron chi connectivity index (χ3n) is 3.25. The molecule has 112 valence electrons. The molecular weight excluding hydrogens is 272 g/mol. The van der Waals surface area contributed by atoms with Gasteiger partial charge in [0.1, 0.15) is 17.3 Å². The standard InChI is InChI=1S/C15H18N2O4/c1-5-13(18)9(2)15-16-14(17-21-15)10-6-11(19-3)8-12(7-10)20-4/h6-9H,5H2,1-4H3. The van der Waals surface area contributed by atoms with Gasteiger partial charge in [-0.15, -0.1) is 0 Å². The lowest BCUT2D eigenvalue weighted by Gasteiger charge is -2.05. The highest BCUT2D eigenvalue weighted by Gasteiger charge is 2.21. The van der Waals surface area contributed by atoms with Gasteiger partial charge in [-0.1, -0.05) is 12.1 Å². The first-order valence-corrected chi connectivity index (χ1v) is 6.68. The number of ether oxygens (including phenoxy) is 2. The lowest BCUT2D eigenvalue weighted by atomic mass is 10.1. The summed E-state index contributed by atoms with van der Waals surface area (Å²) >= 11 is 0. The van der Waals surface area contributed by atoms with Crippen LogP contribution in [0, 0.1) is 0 Å². The Labute approximate surface area is 123 Å². The summed E-state index contributed by atoms with van der Waals surface area (Å²) < 4.78 is 15.6. The molecule has 1 atom stereocenters. The van der Waals surface area contributed by atoms with Crippen LogP contribution in [0.25, 0.3) is 11.4 Å². The quantitative estimate of drug-likeness (QED) is 0.814. The molecule has 0 radical (unpaired) electrons. The third-order valence-corrected chi connectivity index (χ3v) is 3.25. The predicted molar refractivity (Wildman–Crippen MR) is 76.6 cm³/mol. The van der Waals surface area contributed by atoms with Crippen LogP contribution in [0.2, 0.25) is 0 Å². The zero-order chi connectivity index (χ0) is 15.4. The van der Waals surface area contributed by atoms with Gasteiger partial charge < -0.3 is 14.0 Å². The summed E-state index contributed by atoms with van der Waals surface area (Å²) in [4.78, 5) is 16.0. The average molecular weight is 290 g/mol. The normalized spacial score (nSPS) is 12.0. The van der Waals surface area contributed by atoms with Crippen LogP contribution < -0.4 is 9.47 Å². The van der Waals surface area contributed by atoms with E-state index in [1.54, 1.807) is 39.3 Å². The number of carbonyl (C=O) groups excluding carboxylic acids is 1. The van der Waals surface area contributed by atoms with E-state index >= 15 is 0 Å². The SMILES string of the molecule is CCC(=O)C(C)c1nc(-c2cc(OC)cc(OC)c2)no1. The van der Waals surface area contributed by atoms with Crippen LogP contribution in [0.4, 0.5) is 0 Å². The number of carbonyl (C=O) groups is 1. The van der Waals surface area contributed by atoms with E-state index in [4.69, 9.17) is 14.0 Å². The van der Waals surface area contributed by atoms with Gasteiger partial charge in [-0.3, -0.25) is 4.79 Å². The summed E-state index contributed by atoms with van der Waals surface area (Å²) in [7, 11) is 3.14. The molecule has 1 aromatic heterocycles. The van der Waals surface area contributed by atoms with Crippen LogP contribution in [0.3, 0.4) is 0 Å². The molecule has 0 aliphatic rings. The lowest BCUT2D eigenvalue weighted by molar-refractivity contribution is -0.120. The number of Topliss-reactive ketones (excluding diaryl/α,β-unsaturated/α-hetero) is 1. The Morgan fingerprint density at radius 1 is 1.24 bits per heavy atom. The van der Waals surface area contributed by atoms with Crippen LogP contribution in [-0.2, 0) is 4.79 Å². The van der Waals surface area contributed by atoms with Crippen LogP contribution in [0.1, 0.15) is 32.1 Å². The number of hydrogen-bond acceptors (Lipinski definition) is 6. The topological polar surface area (TPSA) is 74.5 Å². The van der Waals surface area contributed by atoms with Gasteiger partial charge >= 0.3 is 0 Å². The molecule has 0 fully saturated rings. The van der Waals surface area contributed by atoms with E-state index in [0.29, 0.717) is 35.2 Å². The van der Waals surface area contributed by atoms with Crippen LogP contribution in [0.15, 0.2) is 22.7 Å². The minimum atomic E-state index is -0.399. The fourth-order valence-corrected chi connectivity index (χ4v) is 1.91. The maximum atomic E-state index is 11.7. The summed E-state index contributed by atoms with van der Waals surface area (Å²) in [5.74, 6) is 1.65. The Hall–Kier alpha value is -2.37. The molecule has 6 nitrogen and oxygen atoms in total. The van der Waals surface area contributed by atoms with E-state index in [9.17, 15) is 4.79 Å². The smallest absolute Gasteiger partial charge is 0.237 e. The van der Waals surface area contributed by atoms with Gasteiger partial charge in [0, 0.05) is 18.1 Å². The highest BCUT2D eigenvalue weighted by atomic mass is 16.5. The Balaban J connectivity index is 2.35. The van der Waals surface area contributed by atoms with Gasteiger partial charge in [0.2, 0.25) is 11.7 Å². The van der Waals surface area contributed by atoms with E-state index < -0.39 is 5.92 Å². The first-order chi connectivity index (χ1) is 10.1.